The van der Waals surface area contributed by atoms with Crippen LogP contribution in [0.3, 0.4) is 0 Å². The number of anilines is 2. The van der Waals surface area contributed by atoms with E-state index in [0.29, 0.717) is 23.6 Å². The summed E-state index contributed by atoms with van der Waals surface area (Å²) < 4.78 is 12.2. The molecule has 4 aliphatic rings. The summed E-state index contributed by atoms with van der Waals surface area (Å²) in [6.07, 6.45) is 6.01. The van der Waals surface area contributed by atoms with E-state index >= 15 is 0 Å². The fourth-order valence-corrected chi connectivity index (χ4v) is 7.24. The van der Waals surface area contributed by atoms with Crippen molar-refractivity contribution in [2.75, 3.05) is 42.5 Å². The van der Waals surface area contributed by atoms with Gasteiger partial charge in [-0.2, -0.15) is 5.10 Å². The summed E-state index contributed by atoms with van der Waals surface area (Å²) in [4.78, 5) is 13.1. The molecule has 35 heavy (non-hydrogen) atoms. The molecule has 2 aromatic rings. The first-order valence-electron chi connectivity index (χ1n) is 13.0. The first-order chi connectivity index (χ1) is 17.1. The molecule has 3 unspecified atom stereocenters. The van der Waals surface area contributed by atoms with E-state index in [4.69, 9.17) is 16.3 Å². The molecule has 0 amide bonds. The highest BCUT2D eigenvalue weighted by Gasteiger charge is 2.53. The van der Waals surface area contributed by atoms with Crippen molar-refractivity contribution in [1.82, 2.24) is 14.1 Å². The minimum absolute atomic E-state index is 0.0804. The molecule has 1 N–H and O–H groups in total. The Labute approximate surface area is 216 Å². The number of nitrogens with one attached hydrogen (secondary N) is 1. The Kier molecular flexibility index (Phi) is 6.73. The first kappa shape index (κ1) is 23.6. The zero-order valence-electron chi connectivity index (χ0n) is 20.2. The standard InChI is InChI=1S/C26H34ClN5O2S/c1-17-22-16-34-15-18(24(17)22)13-28-23-14-29-31(26(33)25(23)27)19-9-11-30(12-10-19)35-32(21-7-8-21)20-5-3-2-4-6-20/h2-6,14,17-19,21-22,24,28H,7-13,15-16H2,1H3/t17-,18?,22?,24?/m0/s1. The van der Waals surface area contributed by atoms with Crippen LogP contribution in [0.5, 0.6) is 0 Å². The lowest BCUT2D eigenvalue weighted by atomic mass is 10.0. The van der Waals surface area contributed by atoms with Crippen molar-refractivity contribution < 1.29 is 4.74 Å². The van der Waals surface area contributed by atoms with Crippen LogP contribution in [0.25, 0.3) is 0 Å². The van der Waals surface area contributed by atoms with Gasteiger partial charge in [0.25, 0.3) is 5.56 Å². The molecule has 2 saturated heterocycles. The van der Waals surface area contributed by atoms with E-state index in [1.165, 1.54) is 18.5 Å². The summed E-state index contributed by atoms with van der Waals surface area (Å²) in [5, 5.41) is 8.17. The van der Waals surface area contributed by atoms with Crippen molar-refractivity contribution in [3.63, 3.8) is 0 Å². The number of benzene rings is 1. The topological polar surface area (TPSA) is 62.6 Å². The van der Waals surface area contributed by atoms with Crippen LogP contribution in [0.15, 0.2) is 41.3 Å². The van der Waals surface area contributed by atoms with Crippen LogP contribution in [-0.4, -0.2) is 53.0 Å². The molecule has 4 fully saturated rings. The van der Waals surface area contributed by atoms with Gasteiger partial charge in [-0.1, -0.05) is 36.7 Å². The smallest absolute Gasteiger partial charge is 0.287 e. The van der Waals surface area contributed by atoms with Gasteiger partial charge in [0.05, 0.1) is 24.5 Å². The highest BCUT2D eigenvalue weighted by Crippen LogP contribution is 2.53. The summed E-state index contributed by atoms with van der Waals surface area (Å²) >= 11 is 8.36. The van der Waals surface area contributed by atoms with E-state index in [-0.39, 0.29) is 16.6 Å². The molecule has 1 aromatic carbocycles. The second-order valence-electron chi connectivity index (χ2n) is 10.5. The maximum atomic E-state index is 13.1. The molecular formula is C26H34ClN5O2S. The quantitative estimate of drug-likeness (QED) is 0.511. The predicted molar refractivity (Wildman–Crippen MR) is 142 cm³/mol. The SMILES string of the molecule is C[C@H]1C2COCC(CNc3cnn(C4CCN(SN(c5ccccc5)C5CC5)CC4)c(=O)c3Cl)C21. The molecule has 2 aliphatic carbocycles. The van der Waals surface area contributed by atoms with Crippen LogP contribution in [0.1, 0.15) is 38.6 Å². The minimum atomic E-state index is -0.191. The highest BCUT2D eigenvalue weighted by atomic mass is 35.5. The molecule has 6 rings (SSSR count). The van der Waals surface area contributed by atoms with Gasteiger partial charge in [0, 0.05) is 56.0 Å². The molecule has 4 atom stereocenters. The largest absolute Gasteiger partial charge is 0.382 e. The van der Waals surface area contributed by atoms with E-state index < -0.39 is 0 Å². The molecule has 2 saturated carbocycles. The molecule has 188 valence electrons. The summed E-state index contributed by atoms with van der Waals surface area (Å²) in [6.45, 7) is 6.58. The third-order valence-electron chi connectivity index (χ3n) is 8.18. The molecule has 7 nitrogen and oxygen atoms in total. The predicted octanol–water partition coefficient (Wildman–Crippen LogP) is 4.71. The Balaban J connectivity index is 1.05. The summed E-state index contributed by atoms with van der Waals surface area (Å²) in [6, 6.07) is 11.3. The zero-order valence-corrected chi connectivity index (χ0v) is 21.8. The fraction of sp³-hybridized carbons (Fsp3) is 0.615. The Morgan fingerprint density at radius 2 is 1.94 bits per heavy atom. The highest BCUT2D eigenvalue weighted by molar-refractivity contribution is 7.98. The van der Waals surface area contributed by atoms with Crippen molar-refractivity contribution in [3.05, 3.63) is 51.9 Å². The molecule has 3 heterocycles. The third kappa shape index (κ3) is 4.95. The maximum absolute atomic E-state index is 13.1. The van der Waals surface area contributed by atoms with Crippen LogP contribution in [0, 0.1) is 23.7 Å². The van der Waals surface area contributed by atoms with E-state index in [2.05, 4.69) is 56.3 Å². The van der Waals surface area contributed by atoms with Gasteiger partial charge in [-0.3, -0.25) is 4.79 Å². The van der Waals surface area contributed by atoms with Crippen molar-refractivity contribution in [3.8, 4) is 0 Å². The van der Waals surface area contributed by atoms with Gasteiger partial charge in [0.15, 0.2) is 0 Å². The molecule has 0 bridgehead atoms. The number of hydrogen-bond acceptors (Lipinski definition) is 7. The number of ether oxygens (including phenoxy) is 1. The van der Waals surface area contributed by atoms with Crippen LogP contribution >= 0.6 is 23.7 Å². The van der Waals surface area contributed by atoms with Crippen LogP contribution in [0.2, 0.25) is 5.02 Å². The number of aromatic nitrogens is 2. The number of halogens is 1. The Hall–Kier alpha value is -1.74. The summed E-state index contributed by atoms with van der Waals surface area (Å²) in [7, 11) is 0. The molecule has 0 spiro atoms. The normalized spacial score (nSPS) is 29.0. The monoisotopic (exact) mass is 515 g/mol. The van der Waals surface area contributed by atoms with E-state index in [1.54, 1.807) is 10.9 Å². The van der Waals surface area contributed by atoms with E-state index in [9.17, 15) is 4.79 Å². The second kappa shape index (κ2) is 9.96. The number of rotatable bonds is 8. The number of piperidine rings is 1. The fourth-order valence-electron chi connectivity index (χ4n) is 5.85. The first-order valence-corrected chi connectivity index (χ1v) is 14.1. The van der Waals surface area contributed by atoms with Crippen LogP contribution in [0.4, 0.5) is 11.4 Å². The van der Waals surface area contributed by atoms with Crippen molar-refractivity contribution >= 4 is 35.1 Å². The summed E-state index contributed by atoms with van der Waals surface area (Å²) in [5.74, 6) is 2.63. The molecule has 2 aliphatic heterocycles. The Morgan fingerprint density at radius 3 is 2.69 bits per heavy atom. The van der Waals surface area contributed by atoms with E-state index in [0.717, 1.165) is 57.5 Å². The van der Waals surface area contributed by atoms with Crippen molar-refractivity contribution in [1.29, 1.82) is 0 Å². The number of fused-ring (bicyclic) bond motifs is 1. The Bertz CT molecular complexity index is 1090. The molecule has 1 aromatic heterocycles. The molecule has 0 radical (unpaired) electrons. The lowest BCUT2D eigenvalue weighted by Gasteiger charge is -2.35. The number of nitrogens with zero attached hydrogens (tertiary/aromatic N) is 4. The van der Waals surface area contributed by atoms with Gasteiger partial charge < -0.3 is 14.4 Å². The Morgan fingerprint density at radius 1 is 1.17 bits per heavy atom. The minimum Gasteiger partial charge on any atom is -0.382 e. The summed E-state index contributed by atoms with van der Waals surface area (Å²) in [5.41, 5.74) is 1.71. The lowest BCUT2D eigenvalue weighted by molar-refractivity contribution is 0.0516. The van der Waals surface area contributed by atoms with Gasteiger partial charge in [-0.25, -0.2) is 8.99 Å². The number of hydrogen-bond donors (Lipinski definition) is 1. The van der Waals surface area contributed by atoms with Crippen molar-refractivity contribution in [2.24, 2.45) is 23.7 Å². The molecular weight excluding hydrogens is 482 g/mol. The third-order valence-corrected chi connectivity index (χ3v) is 9.83. The van der Waals surface area contributed by atoms with Crippen LogP contribution < -0.4 is 15.2 Å². The van der Waals surface area contributed by atoms with Crippen LogP contribution in [-0.2, 0) is 4.74 Å². The average molecular weight is 516 g/mol. The number of para-hydroxylation sites is 1. The maximum Gasteiger partial charge on any atom is 0.287 e. The van der Waals surface area contributed by atoms with Gasteiger partial charge in [-0.05, 0) is 55.6 Å². The molecule has 9 heteroatoms. The van der Waals surface area contributed by atoms with Gasteiger partial charge in [-0.15, -0.1) is 0 Å². The van der Waals surface area contributed by atoms with Gasteiger partial charge in [0.2, 0.25) is 0 Å². The van der Waals surface area contributed by atoms with Gasteiger partial charge in [0.1, 0.15) is 5.02 Å². The van der Waals surface area contributed by atoms with Crippen molar-refractivity contribution in [2.45, 2.75) is 44.7 Å². The van der Waals surface area contributed by atoms with E-state index in [1.807, 2.05) is 12.1 Å². The second-order valence-corrected chi connectivity index (χ2v) is 12.0. The average Bonchev–Trinajstić information content (AvgIpc) is 3.83. The lowest BCUT2D eigenvalue weighted by Crippen LogP contribution is -2.38. The zero-order chi connectivity index (χ0) is 23.9. The van der Waals surface area contributed by atoms with Gasteiger partial charge >= 0.3 is 0 Å².